The van der Waals surface area contributed by atoms with Crippen molar-refractivity contribution in [2.24, 2.45) is 0 Å². The van der Waals surface area contributed by atoms with Crippen LogP contribution >= 0.6 is 0 Å². The number of ketones is 1. The lowest BCUT2D eigenvalue weighted by Gasteiger charge is -2.24. The molecule has 27 heavy (non-hydrogen) atoms. The molecular weight excluding hydrogens is 342 g/mol. The second-order valence-corrected chi connectivity index (χ2v) is 6.68. The van der Waals surface area contributed by atoms with E-state index >= 15 is 0 Å². The predicted octanol–water partition coefficient (Wildman–Crippen LogP) is 3.50. The Labute approximate surface area is 159 Å². The molecule has 0 heterocycles. The zero-order valence-electron chi connectivity index (χ0n) is 15.9. The Bertz CT molecular complexity index is 831. The third kappa shape index (κ3) is 4.37. The van der Waals surface area contributed by atoms with Crippen LogP contribution in [0.15, 0.2) is 42.5 Å². The maximum atomic E-state index is 13.3. The molecule has 5 nitrogen and oxygen atoms in total. The molecule has 0 fully saturated rings. The number of benzene rings is 2. The summed E-state index contributed by atoms with van der Waals surface area (Å²) in [7, 11) is 3.29. The minimum absolute atomic E-state index is 0.0412. The summed E-state index contributed by atoms with van der Waals surface area (Å²) in [6, 6.07) is 13.2. The van der Waals surface area contributed by atoms with Crippen molar-refractivity contribution in [1.29, 1.82) is 0 Å². The zero-order valence-corrected chi connectivity index (χ0v) is 15.9. The minimum atomic E-state index is -0.0412. The van der Waals surface area contributed by atoms with Crippen LogP contribution in [0.25, 0.3) is 0 Å². The second-order valence-electron chi connectivity index (χ2n) is 6.68. The molecule has 142 valence electrons. The third-order valence-electron chi connectivity index (χ3n) is 4.88. The first-order valence-electron chi connectivity index (χ1n) is 9.20. The molecule has 3 rings (SSSR count). The number of rotatable bonds is 8. The largest absolute Gasteiger partial charge is 0.497 e. The van der Waals surface area contributed by atoms with E-state index in [1.807, 2.05) is 41.3 Å². The molecule has 0 aliphatic heterocycles. The number of hydrogen-bond acceptors (Lipinski definition) is 4. The van der Waals surface area contributed by atoms with Crippen LogP contribution in [0.1, 0.15) is 44.7 Å². The summed E-state index contributed by atoms with van der Waals surface area (Å²) in [5.41, 5.74) is 3.22. The van der Waals surface area contributed by atoms with Crippen LogP contribution in [0.3, 0.4) is 0 Å². The van der Waals surface area contributed by atoms with E-state index in [0.717, 1.165) is 23.3 Å². The maximum Gasteiger partial charge on any atom is 0.254 e. The van der Waals surface area contributed by atoms with Crippen molar-refractivity contribution in [2.75, 3.05) is 27.4 Å². The van der Waals surface area contributed by atoms with Gasteiger partial charge in [-0.15, -0.1) is 0 Å². The van der Waals surface area contributed by atoms with Gasteiger partial charge in [0.2, 0.25) is 0 Å². The van der Waals surface area contributed by atoms with Gasteiger partial charge in [0.05, 0.1) is 7.11 Å². The summed E-state index contributed by atoms with van der Waals surface area (Å²) in [5, 5.41) is 0. The highest BCUT2D eigenvalue weighted by Crippen LogP contribution is 2.27. The summed E-state index contributed by atoms with van der Waals surface area (Å²) in [6.45, 7) is 1.66. The molecule has 1 aliphatic rings. The highest BCUT2D eigenvalue weighted by atomic mass is 16.5. The van der Waals surface area contributed by atoms with Crippen LogP contribution in [0.4, 0.5) is 0 Å². The van der Waals surface area contributed by atoms with Crippen molar-refractivity contribution in [3.63, 3.8) is 0 Å². The average Bonchev–Trinajstić information content (AvgIpc) is 3.08. The molecule has 0 atom stereocenters. The number of carbonyl (C=O) groups is 2. The summed E-state index contributed by atoms with van der Waals surface area (Å²) >= 11 is 0. The maximum absolute atomic E-state index is 13.3. The van der Waals surface area contributed by atoms with E-state index in [9.17, 15) is 9.59 Å². The van der Waals surface area contributed by atoms with Gasteiger partial charge in [-0.05, 0) is 42.2 Å². The average molecular weight is 367 g/mol. The molecule has 0 unspecified atom stereocenters. The van der Waals surface area contributed by atoms with Gasteiger partial charge in [-0.25, -0.2) is 0 Å². The van der Waals surface area contributed by atoms with Crippen LogP contribution in [-0.4, -0.2) is 44.0 Å². The van der Waals surface area contributed by atoms with E-state index in [1.54, 1.807) is 20.3 Å². The molecule has 1 aliphatic carbocycles. The molecule has 0 saturated heterocycles. The quantitative estimate of drug-likeness (QED) is 0.670. The van der Waals surface area contributed by atoms with Gasteiger partial charge in [0.25, 0.3) is 5.91 Å². The third-order valence-corrected chi connectivity index (χ3v) is 4.88. The lowest BCUT2D eigenvalue weighted by molar-refractivity contribution is 0.0722. The van der Waals surface area contributed by atoms with Crippen LogP contribution in [0, 0.1) is 0 Å². The van der Waals surface area contributed by atoms with Crippen LogP contribution in [-0.2, 0) is 17.7 Å². The Hall–Kier alpha value is -2.66. The number of Topliss-reactive ketones (excluding diaryl/α,β-unsaturated/α-hetero) is 1. The van der Waals surface area contributed by atoms with E-state index in [0.29, 0.717) is 43.7 Å². The Morgan fingerprint density at radius 2 is 1.93 bits per heavy atom. The van der Waals surface area contributed by atoms with Crippen LogP contribution in [0.5, 0.6) is 5.75 Å². The van der Waals surface area contributed by atoms with Crippen molar-refractivity contribution >= 4 is 11.7 Å². The predicted molar refractivity (Wildman–Crippen MR) is 103 cm³/mol. The Morgan fingerprint density at radius 1 is 1.11 bits per heavy atom. The van der Waals surface area contributed by atoms with Crippen molar-refractivity contribution < 1.29 is 19.1 Å². The standard InChI is InChI=1S/C22H25NO4/c1-26-13-5-12-23(15-16-6-3-7-17(14-16)27-2)22(25)20-9-4-8-19-18(20)10-11-21(19)24/h3-4,6-9,14H,5,10-13,15H2,1-2H3. The summed E-state index contributed by atoms with van der Waals surface area (Å²) in [6.07, 6.45) is 1.88. The molecule has 0 aromatic heterocycles. The Kier molecular flexibility index (Phi) is 6.24. The van der Waals surface area contributed by atoms with E-state index in [-0.39, 0.29) is 11.7 Å². The number of amides is 1. The summed E-state index contributed by atoms with van der Waals surface area (Å²) in [5.74, 6) is 0.849. The summed E-state index contributed by atoms with van der Waals surface area (Å²) < 4.78 is 10.4. The Balaban J connectivity index is 1.86. The first kappa shape index (κ1) is 19.1. The van der Waals surface area contributed by atoms with Gasteiger partial charge >= 0.3 is 0 Å². The molecular formula is C22H25NO4. The van der Waals surface area contributed by atoms with Crippen molar-refractivity contribution in [3.05, 3.63) is 64.7 Å². The summed E-state index contributed by atoms with van der Waals surface area (Å²) in [4.78, 5) is 27.2. The smallest absolute Gasteiger partial charge is 0.254 e. The number of hydrogen-bond donors (Lipinski definition) is 0. The van der Waals surface area contributed by atoms with Gasteiger partial charge < -0.3 is 14.4 Å². The molecule has 2 aromatic carbocycles. The van der Waals surface area contributed by atoms with E-state index in [2.05, 4.69) is 0 Å². The fourth-order valence-corrected chi connectivity index (χ4v) is 3.50. The van der Waals surface area contributed by atoms with E-state index < -0.39 is 0 Å². The topological polar surface area (TPSA) is 55.8 Å². The number of methoxy groups -OCH3 is 2. The van der Waals surface area contributed by atoms with Gasteiger partial charge in [0, 0.05) is 44.4 Å². The van der Waals surface area contributed by atoms with Crippen LogP contribution < -0.4 is 4.74 Å². The highest BCUT2D eigenvalue weighted by molar-refractivity contribution is 6.05. The molecule has 0 N–H and O–H groups in total. The van der Waals surface area contributed by atoms with Gasteiger partial charge in [0.15, 0.2) is 5.78 Å². The van der Waals surface area contributed by atoms with Gasteiger partial charge in [-0.3, -0.25) is 9.59 Å². The van der Waals surface area contributed by atoms with Crippen molar-refractivity contribution in [3.8, 4) is 5.75 Å². The molecule has 0 radical (unpaired) electrons. The van der Waals surface area contributed by atoms with Gasteiger partial charge in [0.1, 0.15) is 5.75 Å². The first-order valence-corrected chi connectivity index (χ1v) is 9.20. The fraction of sp³-hybridized carbons (Fsp3) is 0.364. The highest BCUT2D eigenvalue weighted by Gasteiger charge is 2.26. The zero-order chi connectivity index (χ0) is 19.2. The van der Waals surface area contributed by atoms with Gasteiger partial charge in [-0.1, -0.05) is 24.3 Å². The minimum Gasteiger partial charge on any atom is -0.497 e. The number of fused-ring (bicyclic) bond motifs is 1. The Morgan fingerprint density at radius 3 is 2.70 bits per heavy atom. The monoisotopic (exact) mass is 367 g/mol. The fourth-order valence-electron chi connectivity index (χ4n) is 3.50. The van der Waals surface area contributed by atoms with Gasteiger partial charge in [-0.2, -0.15) is 0 Å². The lowest BCUT2D eigenvalue weighted by atomic mass is 10.0. The van der Waals surface area contributed by atoms with Crippen molar-refractivity contribution in [2.45, 2.75) is 25.8 Å². The number of carbonyl (C=O) groups excluding carboxylic acids is 2. The van der Waals surface area contributed by atoms with Crippen molar-refractivity contribution in [1.82, 2.24) is 4.90 Å². The normalized spacial score (nSPS) is 12.7. The molecule has 5 heteroatoms. The first-order chi connectivity index (χ1) is 13.1. The van der Waals surface area contributed by atoms with Crippen LogP contribution in [0.2, 0.25) is 0 Å². The molecule has 0 bridgehead atoms. The number of ether oxygens (including phenoxy) is 2. The van der Waals surface area contributed by atoms with E-state index in [1.165, 1.54) is 0 Å². The molecule has 0 saturated carbocycles. The second kappa shape index (κ2) is 8.82. The number of nitrogens with zero attached hydrogens (tertiary/aromatic N) is 1. The molecule has 0 spiro atoms. The SMILES string of the molecule is COCCCN(Cc1cccc(OC)c1)C(=O)c1cccc2c1CCC2=O. The lowest BCUT2D eigenvalue weighted by Crippen LogP contribution is -2.32. The molecule has 1 amide bonds. The van der Waals surface area contributed by atoms with E-state index in [4.69, 9.17) is 9.47 Å². The molecule has 2 aromatic rings.